The van der Waals surface area contributed by atoms with Gasteiger partial charge in [0, 0.05) is 17.9 Å². The number of amides is 2. The molecule has 50 heavy (non-hydrogen) atoms. The third kappa shape index (κ3) is 7.34. The highest BCUT2D eigenvalue weighted by molar-refractivity contribution is 6.26. The van der Waals surface area contributed by atoms with E-state index in [9.17, 15) is 39.9 Å². The van der Waals surface area contributed by atoms with Crippen molar-refractivity contribution >= 4 is 29.0 Å². The second kappa shape index (κ2) is 16.5. The number of anilines is 1. The molecule has 0 heterocycles. The van der Waals surface area contributed by atoms with Gasteiger partial charge in [-0.05, 0) is 38.1 Å². The van der Waals surface area contributed by atoms with Crippen molar-refractivity contribution in [3.63, 3.8) is 0 Å². The number of benzene rings is 1. The van der Waals surface area contributed by atoms with Crippen LogP contribution in [0.3, 0.4) is 0 Å². The van der Waals surface area contributed by atoms with E-state index >= 15 is 0 Å². The molecule has 2 unspecified atom stereocenters. The fraction of sp³-hybridized carbons (Fsp3) is 0.632. The predicted octanol–water partition coefficient (Wildman–Crippen LogP) is 5.52. The molecule has 3 aliphatic carbocycles. The van der Waals surface area contributed by atoms with Gasteiger partial charge in [-0.25, -0.2) is 0 Å². The van der Waals surface area contributed by atoms with Crippen LogP contribution in [0, 0.1) is 17.2 Å². The lowest BCUT2D eigenvalue weighted by atomic mass is 9.55. The topological polar surface area (TPSA) is 218 Å². The molecule has 12 nitrogen and oxygen atoms in total. The number of unbranched alkanes of at least 4 members (excludes halogenated alkanes) is 12. The Hall–Kier alpha value is -3.74. The summed E-state index contributed by atoms with van der Waals surface area (Å²) in [5.41, 5.74) is 0.760. The first-order valence-electron chi connectivity index (χ1n) is 18.2. The lowest BCUT2D eigenvalue weighted by Crippen LogP contribution is -2.68. The molecule has 6 atom stereocenters. The average molecular weight is 697 g/mol. The van der Waals surface area contributed by atoms with E-state index < -0.39 is 81.3 Å². The summed E-state index contributed by atoms with van der Waals surface area (Å²) < 4.78 is 0. The number of aliphatic hydroxyl groups is 4. The monoisotopic (exact) mass is 696 g/mol. The third-order valence-corrected chi connectivity index (χ3v) is 11.0. The van der Waals surface area contributed by atoms with Crippen molar-refractivity contribution < 1.29 is 39.9 Å². The highest BCUT2D eigenvalue weighted by atomic mass is 16.3. The van der Waals surface area contributed by atoms with Crippen LogP contribution < -0.4 is 11.1 Å². The van der Waals surface area contributed by atoms with Crippen LogP contribution >= 0.6 is 0 Å². The number of carbonyl (C=O) groups excluding carboxylic acids is 3. The zero-order valence-corrected chi connectivity index (χ0v) is 29.9. The summed E-state index contributed by atoms with van der Waals surface area (Å²) in [5.74, 6) is -7.81. The minimum Gasteiger partial charge on any atom is -0.510 e. The van der Waals surface area contributed by atoms with Crippen molar-refractivity contribution in [2.45, 2.75) is 127 Å². The highest BCUT2D eigenvalue weighted by Gasteiger charge is 2.65. The number of phenolic OH excluding ortho intramolecular Hbond substituents is 1. The number of carbonyl (C=O) groups is 3. The van der Waals surface area contributed by atoms with Gasteiger partial charge < -0.3 is 42.0 Å². The normalized spacial score (nSPS) is 26.2. The molecule has 1 aromatic carbocycles. The van der Waals surface area contributed by atoms with Crippen molar-refractivity contribution in [3.8, 4) is 5.75 Å². The fourth-order valence-electron chi connectivity index (χ4n) is 8.29. The molecule has 0 fully saturated rings. The molecule has 0 bridgehead atoms. The number of likely N-dealkylation sites (N-methyl/N-ethyl adjacent to an activating group) is 1. The number of aromatic hydroxyl groups is 1. The first-order chi connectivity index (χ1) is 23.7. The van der Waals surface area contributed by atoms with Gasteiger partial charge in [-0.2, -0.15) is 0 Å². The summed E-state index contributed by atoms with van der Waals surface area (Å²) in [6.07, 6.45) is 14.0. The van der Waals surface area contributed by atoms with Crippen LogP contribution in [0.25, 0.3) is 0 Å². The largest absolute Gasteiger partial charge is 0.510 e. The number of primary amides is 1. The van der Waals surface area contributed by atoms with E-state index in [4.69, 9.17) is 11.1 Å². The molecular weight excluding hydrogens is 640 g/mol. The van der Waals surface area contributed by atoms with Gasteiger partial charge in [0.2, 0.25) is 5.91 Å². The summed E-state index contributed by atoms with van der Waals surface area (Å²) in [7, 11) is 3.05. The van der Waals surface area contributed by atoms with Crippen LogP contribution in [0.4, 0.5) is 5.69 Å². The minimum absolute atomic E-state index is 0.0115. The molecule has 0 aliphatic heterocycles. The molecule has 9 N–H and O–H groups in total. The van der Waals surface area contributed by atoms with Crippen LogP contribution in [0.2, 0.25) is 0 Å². The standard InChI is InChI=1S/C38H56N4O8/c1-5-6-7-8-9-10-11-12-13-14-15-16-17-18-24(43)41-23-20-19-22-21(2)25-27(32(45)26(22)31(23)44)36(48)38(50)29(33(25)46)30(42(3)4)34(47)28(35(38)39)37(40)49/h19-21,25,29-30,33,39,44,46-48,50H,5-18H2,1-4H3,(H2,40,49)(H,41,43)/t21-,25?,29?,30-,33-,38+/m0/s1. The lowest BCUT2D eigenvalue weighted by Gasteiger charge is -2.54. The second-order valence-corrected chi connectivity index (χ2v) is 14.6. The Morgan fingerprint density at radius 2 is 1.48 bits per heavy atom. The van der Waals surface area contributed by atoms with E-state index in [1.54, 1.807) is 13.0 Å². The Kier molecular flexibility index (Phi) is 12.9. The number of fused-ring (bicyclic) bond motifs is 3. The lowest BCUT2D eigenvalue weighted by molar-refractivity contribution is -0.117. The van der Waals surface area contributed by atoms with E-state index in [0.717, 1.165) is 19.3 Å². The van der Waals surface area contributed by atoms with Gasteiger partial charge in [0.15, 0.2) is 17.1 Å². The van der Waals surface area contributed by atoms with Gasteiger partial charge in [0.25, 0.3) is 5.91 Å². The van der Waals surface area contributed by atoms with E-state index in [1.165, 1.54) is 82.8 Å². The van der Waals surface area contributed by atoms with Gasteiger partial charge in [-0.15, -0.1) is 0 Å². The summed E-state index contributed by atoms with van der Waals surface area (Å²) >= 11 is 0. The molecule has 0 aromatic heterocycles. The molecule has 0 saturated carbocycles. The quantitative estimate of drug-likeness (QED) is 0.0758. The van der Waals surface area contributed by atoms with Crippen molar-refractivity contribution in [2.24, 2.45) is 17.6 Å². The van der Waals surface area contributed by atoms with Crippen LogP contribution in [0.15, 0.2) is 34.8 Å². The molecule has 0 radical (unpaired) electrons. The van der Waals surface area contributed by atoms with Gasteiger partial charge in [-0.1, -0.05) is 97.0 Å². The third-order valence-electron chi connectivity index (χ3n) is 11.0. The predicted molar refractivity (Wildman–Crippen MR) is 191 cm³/mol. The zero-order chi connectivity index (χ0) is 36.9. The first kappa shape index (κ1) is 39.1. The number of Topliss-reactive ketones (excluding diaryl/α,β-unsaturated/α-hetero) is 1. The number of rotatable bonds is 17. The first-order valence-corrected chi connectivity index (χ1v) is 18.2. The molecule has 1 aromatic rings. The Bertz CT molecular complexity index is 1530. The molecule has 0 spiro atoms. The van der Waals surface area contributed by atoms with E-state index in [-0.39, 0.29) is 23.6 Å². The van der Waals surface area contributed by atoms with Gasteiger partial charge in [-0.3, -0.25) is 19.3 Å². The average Bonchev–Trinajstić information content (AvgIpc) is 3.05. The van der Waals surface area contributed by atoms with Crippen molar-refractivity contribution in [1.82, 2.24) is 4.90 Å². The van der Waals surface area contributed by atoms with Crippen LogP contribution in [-0.2, 0) is 9.59 Å². The number of phenols is 1. The number of nitrogens with zero attached hydrogens (tertiary/aromatic N) is 1. The SMILES string of the molecule is CCCCCCCCCCCCCCCC(=O)Nc1ccc2c(c1O)C(=O)C1=C(O)[C@]3(O)C(=N)C(C(N)=O)=C(O)[C@@H](N(C)C)C3[C@@H](O)C1[C@H]2C. The number of nitrogens with two attached hydrogens (primary N) is 1. The number of ketones is 1. The highest BCUT2D eigenvalue weighted by Crippen LogP contribution is 2.56. The number of nitrogens with one attached hydrogen (secondary N) is 2. The smallest absolute Gasteiger partial charge is 0.254 e. The van der Waals surface area contributed by atoms with E-state index in [2.05, 4.69) is 12.2 Å². The van der Waals surface area contributed by atoms with E-state index in [0.29, 0.717) is 12.0 Å². The molecule has 2 amide bonds. The van der Waals surface area contributed by atoms with Gasteiger partial charge in [0.05, 0.1) is 35.0 Å². The van der Waals surface area contributed by atoms with Crippen LogP contribution in [-0.4, -0.2) is 85.6 Å². The van der Waals surface area contributed by atoms with Crippen LogP contribution in [0.5, 0.6) is 5.75 Å². The number of aliphatic hydroxyl groups excluding tert-OH is 3. The Balaban J connectivity index is 1.45. The zero-order valence-electron chi connectivity index (χ0n) is 29.9. The second-order valence-electron chi connectivity index (χ2n) is 14.6. The summed E-state index contributed by atoms with van der Waals surface area (Å²) in [6, 6.07) is 1.82. The van der Waals surface area contributed by atoms with Crippen molar-refractivity contribution in [3.05, 3.63) is 45.9 Å². The number of hydrogen-bond acceptors (Lipinski definition) is 10. The van der Waals surface area contributed by atoms with Gasteiger partial charge >= 0.3 is 0 Å². The van der Waals surface area contributed by atoms with Crippen molar-refractivity contribution in [1.29, 1.82) is 5.41 Å². The van der Waals surface area contributed by atoms with E-state index in [1.807, 2.05) is 0 Å². The molecule has 3 aliphatic rings. The molecule has 276 valence electrons. The van der Waals surface area contributed by atoms with Crippen LogP contribution in [0.1, 0.15) is 126 Å². The molecule has 12 heteroatoms. The molecule has 0 saturated heterocycles. The molecule has 4 rings (SSSR count). The maximum atomic E-state index is 14.1. The Labute approximate surface area is 295 Å². The summed E-state index contributed by atoms with van der Waals surface area (Å²) in [6.45, 7) is 3.92. The van der Waals surface area contributed by atoms with Gasteiger partial charge in [0.1, 0.15) is 17.1 Å². The molecular formula is C38H56N4O8. The Morgan fingerprint density at radius 1 is 0.940 bits per heavy atom. The Morgan fingerprint density at radius 3 is 2.00 bits per heavy atom. The maximum Gasteiger partial charge on any atom is 0.254 e. The minimum atomic E-state index is -2.76. The fourth-order valence-corrected chi connectivity index (χ4v) is 8.29. The maximum absolute atomic E-state index is 14.1. The number of hydrogen-bond donors (Lipinski definition) is 8. The summed E-state index contributed by atoms with van der Waals surface area (Å²) in [5, 5.41) is 69.0. The summed E-state index contributed by atoms with van der Waals surface area (Å²) in [4.78, 5) is 40.6. The van der Waals surface area contributed by atoms with Crippen molar-refractivity contribution in [2.75, 3.05) is 19.4 Å².